The fraction of sp³-hybridized carbons (Fsp3) is 0.160. The third-order valence-corrected chi connectivity index (χ3v) is 6.18. The average molecular weight is 482 g/mol. The summed E-state index contributed by atoms with van der Waals surface area (Å²) in [4.78, 5) is 30.5. The predicted molar refractivity (Wildman–Crippen MR) is 130 cm³/mol. The zero-order valence-corrected chi connectivity index (χ0v) is 19.1. The molecule has 0 radical (unpaired) electrons. The summed E-state index contributed by atoms with van der Waals surface area (Å²) in [7, 11) is 0. The van der Waals surface area contributed by atoms with E-state index in [2.05, 4.69) is 15.6 Å². The molecule has 1 aliphatic heterocycles. The summed E-state index contributed by atoms with van der Waals surface area (Å²) in [6.07, 6.45) is -2.33. The van der Waals surface area contributed by atoms with E-state index in [4.69, 9.17) is 23.2 Å². The third kappa shape index (κ3) is 4.93. The highest BCUT2D eigenvalue weighted by Crippen LogP contribution is 2.29. The number of carbonyl (C=O) groups is 2. The second-order valence-corrected chi connectivity index (χ2v) is 8.51. The van der Waals surface area contributed by atoms with Gasteiger partial charge in [0.15, 0.2) is 0 Å². The second-order valence-electron chi connectivity index (χ2n) is 7.70. The number of carbonyl (C=O) groups excluding carboxylic acids is 2. The first-order chi connectivity index (χ1) is 15.8. The number of nitrogens with one attached hydrogen (secondary N) is 2. The molecule has 8 heteroatoms. The molecule has 0 fully saturated rings. The van der Waals surface area contributed by atoms with Crippen molar-refractivity contribution in [3.8, 4) is 0 Å². The van der Waals surface area contributed by atoms with Crippen LogP contribution in [0.15, 0.2) is 77.8 Å². The summed E-state index contributed by atoms with van der Waals surface area (Å²) in [6, 6.07) is 21.4. The topological polar surface area (TPSA) is 90.8 Å². The number of fused-ring (bicyclic) bond motifs is 1. The summed E-state index contributed by atoms with van der Waals surface area (Å²) in [5.41, 5.74) is 3.18. The van der Waals surface area contributed by atoms with Crippen molar-refractivity contribution in [1.82, 2.24) is 5.32 Å². The summed E-state index contributed by atoms with van der Waals surface area (Å²) < 4.78 is 0. The Kier molecular flexibility index (Phi) is 6.79. The molecule has 0 saturated carbocycles. The van der Waals surface area contributed by atoms with Gasteiger partial charge in [-0.3, -0.25) is 9.59 Å². The molecule has 3 aromatic rings. The van der Waals surface area contributed by atoms with E-state index in [1.54, 1.807) is 25.1 Å². The van der Waals surface area contributed by atoms with Gasteiger partial charge in [-0.2, -0.15) is 0 Å². The first kappa shape index (κ1) is 23.0. The number of para-hydroxylation sites is 1. The zero-order chi connectivity index (χ0) is 23.5. The van der Waals surface area contributed by atoms with Crippen LogP contribution in [-0.4, -0.2) is 28.8 Å². The van der Waals surface area contributed by atoms with E-state index < -0.39 is 30.0 Å². The van der Waals surface area contributed by atoms with Gasteiger partial charge < -0.3 is 15.7 Å². The molecule has 3 aromatic carbocycles. The number of rotatable bonds is 5. The maximum absolute atomic E-state index is 13.0. The normalized spacial score (nSPS) is 17.2. The van der Waals surface area contributed by atoms with Gasteiger partial charge in [-0.1, -0.05) is 84.7 Å². The number of amides is 2. The van der Waals surface area contributed by atoms with Gasteiger partial charge in [-0.15, -0.1) is 0 Å². The number of anilines is 1. The number of hydrogen-bond donors (Lipinski definition) is 3. The van der Waals surface area contributed by atoms with Crippen LogP contribution in [0.25, 0.3) is 0 Å². The average Bonchev–Trinajstić information content (AvgIpc) is 2.96. The summed E-state index contributed by atoms with van der Waals surface area (Å²) >= 11 is 12.0. The van der Waals surface area contributed by atoms with Gasteiger partial charge in [0.25, 0.3) is 5.91 Å². The van der Waals surface area contributed by atoms with Crippen LogP contribution in [-0.2, 0) is 9.59 Å². The standard InChI is InChI=1S/C25H21Cl2N3O3/c1-14(22(31)16-11-12-18(26)19(27)13-16)24(32)30-23-25(33)28-20-10-6-5-9-17(20)21(29-23)15-7-3-2-4-8-15/h2-14,22-23,31H,1H3,(H,28,33)(H,30,32)/t14-,22-,23-/m1/s1. The minimum atomic E-state index is -1.18. The van der Waals surface area contributed by atoms with Crippen molar-refractivity contribution in [2.24, 2.45) is 10.9 Å². The van der Waals surface area contributed by atoms with Gasteiger partial charge in [-0.05, 0) is 23.8 Å². The summed E-state index contributed by atoms with van der Waals surface area (Å²) in [5, 5.41) is 16.8. The number of nitrogens with zero attached hydrogens (tertiary/aromatic N) is 1. The predicted octanol–water partition coefficient (Wildman–Crippen LogP) is 4.59. The molecule has 0 aromatic heterocycles. The Morgan fingerprint density at radius 3 is 2.45 bits per heavy atom. The number of aliphatic hydroxyl groups is 1. The van der Waals surface area contributed by atoms with E-state index in [1.165, 1.54) is 6.07 Å². The van der Waals surface area contributed by atoms with Gasteiger partial charge in [0.2, 0.25) is 12.1 Å². The van der Waals surface area contributed by atoms with E-state index in [1.807, 2.05) is 48.5 Å². The SMILES string of the molecule is C[C@@H](C(=O)N[C@H]1N=C(c2ccccc2)c2ccccc2NC1=O)[C@@H](O)c1ccc(Cl)c(Cl)c1. The van der Waals surface area contributed by atoms with Gasteiger partial charge >= 0.3 is 0 Å². The molecule has 33 heavy (non-hydrogen) atoms. The molecule has 3 atom stereocenters. The van der Waals surface area contributed by atoms with Crippen molar-refractivity contribution >= 4 is 46.4 Å². The fourth-order valence-corrected chi connectivity index (χ4v) is 3.88. The third-order valence-electron chi connectivity index (χ3n) is 5.45. The van der Waals surface area contributed by atoms with E-state index >= 15 is 0 Å². The Morgan fingerprint density at radius 2 is 1.73 bits per heavy atom. The van der Waals surface area contributed by atoms with E-state index in [9.17, 15) is 14.7 Å². The van der Waals surface area contributed by atoms with Crippen molar-refractivity contribution in [2.75, 3.05) is 5.32 Å². The van der Waals surface area contributed by atoms with Crippen LogP contribution in [0.2, 0.25) is 10.0 Å². The molecule has 3 N–H and O–H groups in total. The lowest BCUT2D eigenvalue weighted by atomic mass is 9.96. The van der Waals surface area contributed by atoms with Crippen molar-refractivity contribution in [3.05, 3.63) is 99.5 Å². The molecule has 168 valence electrons. The Balaban J connectivity index is 1.62. The van der Waals surface area contributed by atoms with E-state index in [0.29, 0.717) is 22.0 Å². The fourth-order valence-electron chi connectivity index (χ4n) is 3.58. The van der Waals surface area contributed by atoms with Crippen molar-refractivity contribution in [1.29, 1.82) is 0 Å². The van der Waals surface area contributed by atoms with E-state index in [0.717, 1.165) is 11.1 Å². The van der Waals surface area contributed by atoms with E-state index in [-0.39, 0.29) is 5.02 Å². The minimum absolute atomic E-state index is 0.277. The smallest absolute Gasteiger partial charge is 0.269 e. The van der Waals surface area contributed by atoms with Crippen LogP contribution in [0.1, 0.15) is 29.7 Å². The lowest BCUT2D eigenvalue weighted by Gasteiger charge is -2.21. The lowest BCUT2D eigenvalue weighted by molar-refractivity contribution is -0.131. The number of aliphatic hydroxyl groups excluding tert-OH is 1. The molecule has 0 spiro atoms. The second kappa shape index (κ2) is 9.75. The van der Waals surface area contributed by atoms with Crippen molar-refractivity contribution < 1.29 is 14.7 Å². The highest BCUT2D eigenvalue weighted by molar-refractivity contribution is 6.42. The van der Waals surface area contributed by atoms with Crippen molar-refractivity contribution in [3.63, 3.8) is 0 Å². The van der Waals surface area contributed by atoms with Gasteiger partial charge in [0.05, 0.1) is 33.5 Å². The molecular weight excluding hydrogens is 461 g/mol. The highest BCUT2D eigenvalue weighted by Gasteiger charge is 2.31. The molecule has 0 bridgehead atoms. The lowest BCUT2D eigenvalue weighted by Crippen LogP contribution is -2.45. The largest absolute Gasteiger partial charge is 0.388 e. The summed E-state index contributed by atoms with van der Waals surface area (Å²) in [6.45, 7) is 1.56. The number of aliphatic imine (C=N–C) groups is 1. The van der Waals surface area contributed by atoms with Crippen LogP contribution in [0, 0.1) is 5.92 Å². The maximum atomic E-state index is 13.0. The molecule has 6 nitrogen and oxygen atoms in total. The molecule has 4 rings (SSSR count). The molecule has 0 saturated heterocycles. The Hall–Kier alpha value is -3.19. The Bertz CT molecular complexity index is 1230. The first-order valence-corrected chi connectivity index (χ1v) is 11.1. The number of hydrogen-bond acceptors (Lipinski definition) is 4. The first-order valence-electron chi connectivity index (χ1n) is 10.3. The monoisotopic (exact) mass is 481 g/mol. The molecule has 1 aliphatic rings. The van der Waals surface area contributed by atoms with Gasteiger partial charge in [-0.25, -0.2) is 4.99 Å². The summed E-state index contributed by atoms with van der Waals surface area (Å²) in [5.74, 6) is -1.88. The number of benzene rings is 3. The van der Waals surface area contributed by atoms with Crippen LogP contribution in [0.3, 0.4) is 0 Å². The highest BCUT2D eigenvalue weighted by atomic mass is 35.5. The molecule has 0 aliphatic carbocycles. The zero-order valence-electron chi connectivity index (χ0n) is 17.6. The molecule has 2 amide bonds. The quantitative estimate of drug-likeness (QED) is 0.497. The maximum Gasteiger partial charge on any atom is 0.269 e. The molecule has 1 heterocycles. The number of halogens is 2. The Morgan fingerprint density at radius 1 is 1.03 bits per heavy atom. The number of benzodiazepines with no additional fused rings is 1. The van der Waals surface area contributed by atoms with Crippen LogP contribution in [0.4, 0.5) is 5.69 Å². The van der Waals surface area contributed by atoms with Crippen LogP contribution < -0.4 is 10.6 Å². The molecule has 0 unspecified atom stereocenters. The Labute approximate surface area is 201 Å². The van der Waals surface area contributed by atoms with Gasteiger partial charge in [0, 0.05) is 11.1 Å². The van der Waals surface area contributed by atoms with Crippen molar-refractivity contribution in [2.45, 2.75) is 19.2 Å². The van der Waals surface area contributed by atoms with Crippen LogP contribution >= 0.6 is 23.2 Å². The minimum Gasteiger partial charge on any atom is -0.388 e. The van der Waals surface area contributed by atoms with Gasteiger partial charge in [0.1, 0.15) is 0 Å². The van der Waals surface area contributed by atoms with Crippen LogP contribution in [0.5, 0.6) is 0 Å². The molecular formula is C25H21Cl2N3O3.